The molecule has 1 aromatic carbocycles. The van der Waals surface area contributed by atoms with E-state index in [-0.39, 0.29) is 11.4 Å². The van der Waals surface area contributed by atoms with Crippen LogP contribution in [0.3, 0.4) is 0 Å². The molecule has 0 aliphatic heterocycles. The number of benzene rings is 1. The van der Waals surface area contributed by atoms with Crippen molar-refractivity contribution in [3.63, 3.8) is 0 Å². The molecule has 2 aromatic rings. The van der Waals surface area contributed by atoms with Gasteiger partial charge in [0.05, 0.1) is 15.9 Å². The van der Waals surface area contributed by atoms with Gasteiger partial charge in [0.1, 0.15) is 0 Å². The van der Waals surface area contributed by atoms with Crippen molar-refractivity contribution in [1.29, 1.82) is 0 Å². The van der Waals surface area contributed by atoms with E-state index in [9.17, 15) is 14.9 Å². The molecule has 0 amide bonds. The van der Waals surface area contributed by atoms with E-state index in [1.54, 1.807) is 31.6 Å². The summed E-state index contributed by atoms with van der Waals surface area (Å²) in [5, 5.41) is 10.8. The molecule has 6 nitrogen and oxygen atoms in total. The minimum absolute atomic E-state index is 0.00326. The van der Waals surface area contributed by atoms with Crippen LogP contribution in [0.1, 0.15) is 5.56 Å². The number of halogens is 1. The van der Waals surface area contributed by atoms with Gasteiger partial charge in [-0.15, -0.1) is 0 Å². The van der Waals surface area contributed by atoms with E-state index in [4.69, 9.17) is 0 Å². The molecule has 0 spiro atoms. The maximum Gasteiger partial charge on any atom is 0.328 e. The largest absolute Gasteiger partial charge is 0.328 e. The van der Waals surface area contributed by atoms with Gasteiger partial charge >= 0.3 is 5.69 Å². The van der Waals surface area contributed by atoms with Gasteiger partial charge in [0, 0.05) is 25.5 Å². The molecule has 0 saturated carbocycles. The van der Waals surface area contributed by atoms with Crippen LogP contribution in [0.25, 0.3) is 0 Å². The Morgan fingerprint density at radius 2 is 2.11 bits per heavy atom. The SMILES string of the molecule is Cn1ccn(Cc2ccc(Br)c([N+](=O)[O-])c2)c1=O. The number of imidazole rings is 1. The molecule has 0 saturated heterocycles. The highest BCUT2D eigenvalue weighted by molar-refractivity contribution is 9.10. The van der Waals surface area contributed by atoms with Crippen LogP contribution in [0.4, 0.5) is 5.69 Å². The van der Waals surface area contributed by atoms with Gasteiger partial charge in [-0.25, -0.2) is 4.79 Å². The highest BCUT2D eigenvalue weighted by Gasteiger charge is 2.12. The molecule has 18 heavy (non-hydrogen) atoms. The summed E-state index contributed by atoms with van der Waals surface area (Å²) >= 11 is 3.12. The lowest BCUT2D eigenvalue weighted by Gasteiger charge is -2.03. The highest BCUT2D eigenvalue weighted by Crippen LogP contribution is 2.25. The summed E-state index contributed by atoms with van der Waals surface area (Å²) < 4.78 is 3.37. The molecule has 94 valence electrons. The van der Waals surface area contributed by atoms with Crippen LogP contribution in [0.2, 0.25) is 0 Å². The minimum atomic E-state index is -0.457. The van der Waals surface area contributed by atoms with Crippen LogP contribution in [0, 0.1) is 10.1 Å². The monoisotopic (exact) mass is 311 g/mol. The molecule has 0 unspecified atom stereocenters. The molecule has 1 aromatic heterocycles. The Morgan fingerprint density at radius 3 is 2.67 bits per heavy atom. The first-order valence-electron chi connectivity index (χ1n) is 5.13. The van der Waals surface area contributed by atoms with Crippen LogP contribution in [0.15, 0.2) is 39.9 Å². The predicted octanol–water partition coefficient (Wildman–Crippen LogP) is 1.91. The fourth-order valence-corrected chi connectivity index (χ4v) is 2.02. The Balaban J connectivity index is 2.36. The quantitative estimate of drug-likeness (QED) is 0.642. The van der Waals surface area contributed by atoms with Crippen LogP contribution in [-0.4, -0.2) is 14.1 Å². The third-order valence-corrected chi connectivity index (χ3v) is 3.25. The summed E-state index contributed by atoms with van der Waals surface area (Å²) in [6.45, 7) is 0.313. The fourth-order valence-electron chi connectivity index (χ4n) is 1.62. The summed E-state index contributed by atoms with van der Waals surface area (Å²) in [5.74, 6) is 0. The Hall–Kier alpha value is -1.89. The van der Waals surface area contributed by atoms with Gasteiger partial charge in [0.15, 0.2) is 0 Å². The summed E-state index contributed by atoms with van der Waals surface area (Å²) in [7, 11) is 1.66. The van der Waals surface area contributed by atoms with E-state index < -0.39 is 4.92 Å². The number of aromatic nitrogens is 2. The van der Waals surface area contributed by atoms with Crippen molar-refractivity contribution in [2.75, 3.05) is 0 Å². The zero-order valence-electron chi connectivity index (χ0n) is 9.54. The Kier molecular flexibility index (Phi) is 3.33. The van der Waals surface area contributed by atoms with Crippen molar-refractivity contribution in [2.24, 2.45) is 7.05 Å². The second kappa shape index (κ2) is 4.77. The second-order valence-electron chi connectivity index (χ2n) is 3.86. The van der Waals surface area contributed by atoms with Gasteiger partial charge < -0.3 is 4.57 Å². The number of aryl methyl sites for hydroxylation is 1. The average molecular weight is 312 g/mol. The van der Waals surface area contributed by atoms with Crippen LogP contribution < -0.4 is 5.69 Å². The van der Waals surface area contributed by atoms with Crippen molar-refractivity contribution >= 4 is 21.6 Å². The first kappa shape index (κ1) is 12.6. The lowest BCUT2D eigenvalue weighted by Crippen LogP contribution is -2.22. The molecule has 0 N–H and O–H groups in total. The van der Waals surface area contributed by atoms with Gasteiger partial charge in [0.2, 0.25) is 0 Å². The second-order valence-corrected chi connectivity index (χ2v) is 4.72. The van der Waals surface area contributed by atoms with Crippen molar-refractivity contribution in [2.45, 2.75) is 6.54 Å². The van der Waals surface area contributed by atoms with E-state index in [2.05, 4.69) is 15.9 Å². The van der Waals surface area contributed by atoms with Crippen LogP contribution in [-0.2, 0) is 13.6 Å². The maximum absolute atomic E-state index is 11.6. The summed E-state index contributed by atoms with van der Waals surface area (Å²) in [5.41, 5.74) is 0.551. The van der Waals surface area contributed by atoms with Crippen molar-refractivity contribution in [3.8, 4) is 0 Å². The molecule has 0 aliphatic carbocycles. The summed E-state index contributed by atoms with van der Waals surface area (Å²) in [6, 6.07) is 4.82. The van der Waals surface area contributed by atoms with Crippen LogP contribution >= 0.6 is 15.9 Å². The number of nitrogens with zero attached hydrogens (tertiary/aromatic N) is 3. The Labute approximate surface area is 111 Å². The Bertz CT molecular complexity index is 660. The number of nitro benzene ring substituents is 1. The van der Waals surface area contributed by atoms with Gasteiger partial charge in [-0.1, -0.05) is 6.07 Å². The average Bonchev–Trinajstić information content (AvgIpc) is 2.63. The first-order chi connectivity index (χ1) is 8.49. The number of hydrogen-bond acceptors (Lipinski definition) is 3. The van der Waals surface area contributed by atoms with Crippen molar-refractivity contribution in [1.82, 2.24) is 9.13 Å². The van der Waals surface area contributed by atoms with Crippen molar-refractivity contribution in [3.05, 3.63) is 61.2 Å². The molecule has 7 heteroatoms. The van der Waals surface area contributed by atoms with E-state index >= 15 is 0 Å². The van der Waals surface area contributed by atoms with Gasteiger partial charge in [-0.2, -0.15) is 0 Å². The third kappa shape index (κ3) is 2.35. The van der Waals surface area contributed by atoms with E-state index in [0.717, 1.165) is 0 Å². The molecule has 0 fully saturated rings. The molecular weight excluding hydrogens is 302 g/mol. The topological polar surface area (TPSA) is 70.1 Å². The molecule has 1 heterocycles. The number of nitro groups is 1. The van der Waals surface area contributed by atoms with Gasteiger partial charge in [-0.05, 0) is 27.6 Å². The lowest BCUT2D eigenvalue weighted by molar-refractivity contribution is -0.385. The van der Waals surface area contributed by atoms with Crippen LogP contribution in [0.5, 0.6) is 0 Å². The van der Waals surface area contributed by atoms with Crippen molar-refractivity contribution < 1.29 is 4.92 Å². The van der Waals surface area contributed by atoms with E-state index in [1.165, 1.54) is 15.2 Å². The third-order valence-electron chi connectivity index (χ3n) is 2.58. The molecule has 0 atom stereocenters. The normalized spacial score (nSPS) is 10.6. The summed E-state index contributed by atoms with van der Waals surface area (Å²) in [6.07, 6.45) is 3.30. The standard InChI is InChI=1S/C11H10BrN3O3/c1-13-4-5-14(11(13)16)7-8-2-3-9(12)10(6-8)15(17)18/h2-6H,7H2,1H3. The number of rotatable bonds is 3. The fraction of sp³-hybridized carbons (Fsp3) is 0.182. The first-order valence-corrected chi connectivity index (χ1v) is 5.93. The zero-order chi connectivity index (χ0) is 13.3. The minimum Gasteiger partial charge on any atom is -0.302 e. The molecule has 0 bridgehead atoms. The maximum atomic E-state index is 11.6. The zero-order valence-corrected chi connectivity index (χ0v) is 11.1. The number of hydrogen-bond donors (Lipinski definition) is 0. The highest BCUT2D eigenvalue weighted by atomic mass is 79.9. The van der Waals surface area contributed by atoms with E-state index in [1.807, 2.05) is 0 Å². The van der Waals surface area contributed by atoms with Gasteiger partial charge in [-0.3, -0.25) is 14.7 Å². The lowest BCUT2D eigenvalue weighted by atomic mass is 10.2. The molecule has 2 rings (SSSR count). The van der Waals surface area contributed by atoms with Gasteiger partial charge in [0.25, 0.3) is 5.69 Å². The molecular formula is C11H10BrN3O3. The Morgan fingerprint density at radius 1 is 1.39 bits per heavy atom. The van der Waals surface area contributed by atoms with E-state index in [0.29, 0.717) is 16.6 Å². The molecule has 0 radical (unpaired) electrons. The molecule has 0 aliphatic rings. The summed E-state index contributed by atoms with van der Waals surface area (Å²) in [4.78, 5) is 22.0. The predicted molar refractivity (Wildman–Crippen MR) is 69.6 cm³/mol. The smallest absolute Gasteiger partial charge is 0.302 e.